The number of rotatable bonds is 6. The van der Waals surface area contributed by atoms with Crippen LogP contribution in [-0.4, -0.2) is 11.1 Å². The van der Waals surface area contributed by atoms with E-state index >= 15 is 35.1 Å². The van der Waals surface area contributed by atoms with E-state index in [0.717, 1.165) is 5.69 Å². The molecule has 1 heterocycles. The van der Waals surface area contributed by atoms with E-state index in [1.807, 2.05) is 30.3 Å². The van der Waals surface area contributed by atoms with Gasteiger partial charge in [0.15, 0.2) is 75.6 Å². The predicted octanol–water partition coefficient (Wildman–Crippen LogP) is 8.93. The largest absolute Gasteiger partial charge is 0.384 e. The third-order valence-electron chi connectivity index (χ3n) is 8.66. The van der Waals surface area contributed by atoms with E-state index in [1.165, 1.54) is 0 Å². The van der Waals surface area contributed by atoms with Gasteiger partial charge >= 0.3 is 0 Å². The van der Waals surface area contributed by atoms with Gasteiger partial charge in [-0.3, -0.25) is 0 Å². The van der Waals surface area contributed by atoms with Crippen LogP contribution in [0.1, 0.15) is 0 Å². The van der Waals surface area contributed by atoms with E-state index in [-0.39, 0.29) is 18.2 Å². The van der Waals surface area contributed by atoms with Crippen molar-refractivity contribution < 1.29 is 87.8 Å². The van der Waals surface area contributed by atoms with Crippen LogP contribution in [0.2, 0.25) is 0 Å². The summed E-state index contributed by atoms with van der Waals surface area (Å²) >= 11 is 0. The second-order valence-electron chi connectivity index (χ2n) is 12.0. The molecule has 0 aliphatic rings. The lowest BCUT2D eigenvalue weighted by Gasteiger charge is -2.44. The first-order valence-corrected chi connectivity index (χ1v) is 15.7. The number of benzene rings is 5. The number of nitrogens with two attached hydrogens (primary N) is 2. The summed E-state index contributed by atoms with van der Waals surface area (Å²) in [6.45, 7) is 0. The van der Waals surface area contributed by atoms with Gasteiger partial charge in [-0.25, -0.2) is 92.8 Å². The van der Waals surface area contributed by atoms with Crippen molar-refractivity contribution in [3.63, 3.8) is 0 Å². The second kappa shape index (κ2) is 17.8. The van der Waals surface area contributed by atoms with E-state index in [9.17, 15) is 52.7 Å². The molecular formula is C35H12BClF20N5-. The molecule has 0 amide bonds. The Morgan fingerprint density at radius 1 is 0.339 bits per heavy atom. The van der Waals surface area contributed by atoms with Gasteiger partial charge in [0.2, 0.25) is 0 Å². The minimum atomic E-state index is -7.22. The monoisotopic (exact) mass is 928 g/mol. The van der Waals surface area contributed by atoms with E-state index in [2.05, 4.69) is 15.2 Å². The number of pyridine rings is 1. The van der Waals surface area contributed by atoms with Gasteiger partial charge in [0.25, 0.3) is 0 Å². The Morgan fingerprint density at radius 2 is 0.597 bits per heavy atom. The molecule has 0 saturated heterocycles. The molecule has 328 valence electrons. The van der Waals surface area contributed by atoms with E-state index in [0.29, 0.717) is 11.5 Å². The molecule has 27 heteroatoms. The number of hydrogen-bond acceptors (Lipinski definition) is 5. The molecule has 0 fully saturated rings. The van der Waals surface area contributed by atoms with Gasteiger partial charge in [0, 0.05) is 0 Å². The average molecular weight is 929 g/mol. The summed E-state index contributed by atoms with van der Waals surface area (Å²) in [6, 6.07) is 12.7. The maximum absolute atomic E-state index is 15.4. The molecule has 5 aromatic carbocycles. The Balaban J connectivity index is 0.000000415. The highest BCUT2D eigenvalue weighted by Gasteiger charge is 2.52. The Bertz CT molecular complexity index is 2410. The van der Waals surface area contributed by atoms with E-state index < -0.39 is 144 Å². The number of anilines is 2. The van der Waals surface area contributed by atoms with Crippen molar-refractivity contribution in [3.05, 3.63) is 159 Å². The van der Waals surface area contributed by atoms with Gasteiger partial charge in [-0.2, -0.15) is 5.11 Å². The first-order chi connectivity index (χ1) is 28.5. The van der Waals surface area contributed by atoms with Crippen LogP contribution in [0.15, 0.2) is 52.7 Å². The third-order valence-corrected chi connectivity index (χ3v) is 8.66. The summed E-state index contributed by atoms with van der Waals surface area (Å²) < 4.78 is 294. The van der Waals surface area contributed by atoms with Gasteiger partial charge in [0.05, 0.1) is 5.69 Å². The van der Waals surface area contributed by atoms with Crippen LogP contribution in [0.3, 0.4) is 0 Å². The summed E-state index contributed by atoms with van der Waals surface area (Å²) in [7, 11) is 0. The molecule has 0 aliphatic carbocycles. The van der Waals surface area contributed by atoms with Crippen molar-refractivity contribution in [1.29, 1.82) is 0 Å². The first-order valence-electron chi connectivity index (χ1n) is 15.7. The van der Waals surface area contributed by atoms with E-state index in [1.54, 1.807) is 12.1 Å². The van der Waals surface area contributed by atoms with Crippen LogP contribution in [0, 0.1) is 116 Å². The molecule has 0 bridgehead atoms. The van der Waals surface area contributed by atoms with Crippen LogP contribution < -0.4 is 33.3 Å². The third kappa shape index (κ3) is 7.55. The zero-order valence-electron chi connectivity index (χ0n) is 29.1. The minimum absolute atomic E-state index is 0. The van der Waals surface area contributed by atoms with Crippen molar-refractivity contribution in [1.82, 2.24) is 4.98 Å². The number of nitrogen functional groups attached to an aromatic ring is 2. The highest BCUT2D eigenvalue weighted by atomic mass is 35.5. The number of nitrogens with zero attached hydrogens (tertiary/aromatic N) is 3. The highest BCUT2D eigenvalue weighted by molar-refractivity contribution is 7.20. The molecule has 0 saturated carbocycles. The van der Waals surface area contributed by atoms with Gasteiger partial charge in [-0.15, -0.1) is 39.4 Å². The summed E-state index contributed by atoms with van der Waals surface area (Å²) in [4.78, 5) is 3.89. The smallest absolute Gasteiger partial charge is 0.200 e. The molecule has 0 unspecified atom stereocenters. The summed E-state index contributed by atoms with van der Waals surface area (Å²) in [5.74, 6) is -70.8. The van der Waals surface area contributed by atoms with Crippen molar-refractivity contribution in [2.24, 2.45) is 10.2 Å². The lowest BCUT2D eigenvalue weighted by molar-refractivity contribution is 0.378. The summed E-state index contributed by atoms with van der Waals surface area (Å²) in [5, 5.41) is 8.03. The number of aromatic nitrogens is 1. The second-order valence-corrected chi connectivity index (χ2v) is 12.0. The van der Waals surface area contributed by atoms with Gasteiger partial charge in [0.1, 0.15) is 64.2 Å². The summed E-state index contributed by atoms with van der Waals surface area (Å²) in [6.07, 6.45) is -7.22. The average Bonchev–Trinajstić information content (AvgIpc) is 3.23. The Kier molecular flexibility index (Phi) is 13.8. The fourth-order valence-electron chi connectivity index (χ4n) is 6.05. The van der Waals surface area contributed by atoms with Crippen molar-refractivity contribution in [2.75, 3.05) is 11.5 Å². The van der Waals surface area contributed by atoms with Gasteiger partial charge in [-0.1, -0.05) is 18.2 Å². The molecule has 6 aromatic rings. The molecule has 1 aromatic heterocycles. The highest BCUT2D eigenvalue weighted by Crippen LogP contribution is 2.31. The SMILES string of the molecule is Cl.Fc1c(F)c(F)c([B-](c2c(F)c(F)c(F)c(F)c2F)(c2c(F)c(F)c(F)c(F)c2F)c2c(F)c(F)c(F)c(F)c2F)c(F)c1F.Nc1ccc(N=Nc2ccccc2)c(N)n1. The normalized spacial score (nSPS) is 11.5. The van der Waals surface area contributed by atoms with Crippen molar-refractivity contribution >= 4 is 63.4 Å². The van der Waals surface area contributed by atoms with Crippen molar-refractivity contribution in [3.8, 4) is 0 Å². The summed E-state index contributed by atoms with van der Waals surface area (Å²) in [5.41, 5.74) is -1.94. The molecular weight excluding hydrogens is 917 g/mol. The fourth-order valence-corrected chi connectivity index (χ4v) is 6.05. The Morgan fingerprint density at radius 3 is 0.855 bits per heavy atom. The number of halogens is 21. The first kappa shape index (κ1) is 48.1. The maximum Gasteiger partial charge on any atom is 0.200 e. The predicted molar refractivity (Wildman–Crippen MR) is 180 cm³/mol. The standard InChI is InChI=1S/C24BF20.C11H11N5.ClH/c26-5-1(6(27)14(35)21(42)13(5)34)25(2-7(28)15(36)22(43)16(37)8(2)29,3-9(30)17(38)23(44)18(39)10(3)31)4-11(32)19(40)24(45)20(41)12(4)33;12-10-7-6-9(11(13)14-10)16-15-8-4-2-1-3-5-8;/h;1-7H,(H4,12,13,14);1H/q-1;;. The lowest BCUT2D eigenvalue weighted by Crippen LogP contribution is -2.81. The number of azo groups is 1. The van der Waals surface area contributed by atoms with Crippen LogP contribution in [0.5, 0.6) is 0 Å². The molecule has 6 rings (SSSR count). The molecule has 0 aliphatic heterocycles. The minimum Gasteiger partial charge on any atom is -0.384 e. The van der Waals surface area contributed by atoms with Crippen LogP contribution in [0.4, 0.5) is 111 Å². The molecule has 0 radical (unpaired) electrons. The Labute approximate surface area is 336 Å². The molecule has 4 N–H and O–H groups in total. The molecule has 5 nitrogen and oxygen atoms in total. The lowest BCUT2D eigenvalue weighted by atomic mass is 9.12. The Hall–Kier alpha value is -6.60. The molecule has 0 atom stereocenters. The molecule has 0 spiro atoms. The zero-order valence-corrected chi connectivity index (χ0v) is 29.9. The maximum atomic E-state index is 15.4. The van der Waals surface area contributed by atoms with Crippen LogP contribution in [0.25, 0.3) is 0 Å². The quantitative estimate of drug-likeness (QED) is 0.0576. The fraction of sp³-hybridized carbons (Fsp3) is 0. The van der Waals surface area contributed by atoms with Crippen LogP contribution in [-0.2, 0) is 0 Å². The van der Waals surface area contributed by atoms with Gasteiger partial charge < -0.3 is 11.5 Å². The van der Waals surface area contributed by atoms with Crippen LogP contribution >= 0.6 is 12.4 Å². The van der Waals surface area contributed by atoms with E-state index in [4.69, 9.17) is 11.5 Å². The number of hydrogen-bond donors (Lipinski definition) is 2. The topological polar surface area (TPSA) is 89.6 Å². The zero-order chi connectivity index (χ0) is 45.7. The van der Waals surface area contributed by atoms with Gasteiger partial charge in [-0.05, 0) is 24.3 Å². The molecule has 62 heavy (non-hydrogen) atoms. The van der Waals surface area contributed by atoms with Crippen molar-refractivity contribution in [2.45, 2.75) is 0 Å².